The van der Waals surface area contributed by atoms with Crippen LogP contribution in [0.1, 0.15) is 57.4 Å². The highest BCUT2D eigenvalue weighted by Gasteiger charge is 2.40. The van der Waals surface area contributed by atoms with Crippen LogP contribution in [0.15, 0.2) is 6.20 Å². The van der Waals surface area contributed by atoms with Crippen LogP contribution in [0.4, 0.5) is 5.82 Å². The fourth-order valence-corrected chi connectivity index (χ4v) is 5.86. The Labute approximate surface area is 169 Å². The molecule has 2 bridgehead atoms. The summed E-state index contributed by atoms with van der Waals surface area (Å²) in [5.41, 5.74) is 0.992. The van der Waals surface area contributed by atoms with Gasteiger partial charge in [-0.05, 0) is 63.0 Å². The van der Waals surface area contributed by atoms with E-state index in [2.05, 4.69) is 19.5 Å². The summed E-state index contributed by atoms with van der Waals surface area (Å²) < 4.78 is 14.2. The van der Waals surface area contributed by atoms with Gasteiger partial charge in [0.25, 0.3) is 0 Å². The van der Waals surface area contributed by atoms with Gasteiger partial charge in [0.2, 0.25) is 5.28 Å². The number of fused-ring (bicyclic) bond motifs is 3. The molecule has 3 aliphatic heterocycles. The lowest BCUT2D eigenvalue weighted by Crippen LogP contribution is -2.43. The van der Waals surface area contributed by atoms with Crippen LogP contribution < -0.4 is 4.90 Å². The molecule has 2 unspecified atom stereocenters. The Morgan fingerprint density at radius 1 is 1.04 bits per heavy atom. The van der Waals surface area contributed by atoms with Gasteiger partial charge in [-0.3, -0.25) is 0 Å². The van der Waals surface area contributed by atoms with Gasteiger partial charge in [0, 0.05) is 19.7 Å². The Bertz CT molecular complexity index is 874. The summed E-state index contributed by atoms with van der Waals surface area (Å²) in [4.78, 5) is 11.5. The van der Waals surface area contributed by atoms with E-state index >= 15 is 0 Å². The number of hydrogen-bond acceptors (Lipinski definition) is 6. The zero-order valence-electron chi connectivity index (χ0n) is 16.0. The lowest BCUT2D eigenvalue weighted by molar-refractivity contribution is -0.0337. The average Bonchev–Trinajstić information content (AvgIpc) is 3.41. The first-order valence-electron chi connectivity index (χ1n) is 10.6. The highest BCUT2D eigenvalue weighted by atomic mass is 35.5. The molecule has 2 atom stereocenters. The van der Waals surface area contributed by atoms with Crippen LogP contribution in [0.2, 0.25) is 5.28 Å². The second-order valence-corrected chi connectivity index (χ2v) is 9.21. The van der Waals surface area contributed by atoms with Crippen LogP contribution in [0.3, 0.4) is 0 Å². The van der Waals surface area contributed by atoms with Crippen molar-refractivity contribution in [2.45, 2.75) is 75.2 Å². The van der Waals surface area contributed by atoms with Crippen molar-refractivity contribution in [3.63, 3.8) is 0 Å². The van der Waals surface area contributed by atoms with Gasteiger partial charge < -0.3 is 14.4 Å². The summed E-state index contributed by atoms with van der Waals surface area (Å²) >= 11 is 6.36. The van der Waals surface area contributed by atoms with Gasteiger partial charge in [-0.15, -0.1) is 0 Å². The molecule has 7 nitrogen and oxygen atoms in total. The summed E-state index contributed by atoms with van der Waals surface area (Å²) in [5, 5.41) is 6.04. The maximum atomic E-state index is 6.36. The SMILES string of the molecule is Clc1nc(N2CC3CCC(C2)O3)c2cnn(C3CCC4(CCCO4)CC3)c2n1. The molecule has 3 saturated heterocycles. The number of aromatic nitrogens is 4. The van der Waals surface area contributed by atoms with Crippen molar-refractivity contribution in [3.05, 3.63) is 11.5 Å². The second kappa shape index (κ2) is 6.54. The number of nitrogens with zero attached hydrogens (tertiary/aromatic N) is 5. The van der Waals surface area contributed by atoms with Gasteiger partial charge in [0.05, 0.1) is 35.4 Å². The number of rotatable bonds is 2. The van der Waals surface area contributed by atoms with Crippen molar-refractivity contribution in [3.8, 4) is 0 Å². The molecule has 1 spiro atoms. The van der Waals surface area contributed by atoms with Crippen LogP contribution in [-0.2, 0) is 9.47 Å². The molecular weight excluding hydrogens is 378 g/mol. The van der Waals surface area contributed by atoms with E-state index in [0.29, 0.717) is 23.5 Å². The summed E-state index contributed by atoms with van der Waals surface area (Å²) in [7, 11) is 0. The van der Waals surface area contributed by atoms with Crippen LogP contribution >= 0.6 is 11.6 Å². The van der Waals surface area contributed by atoms with Crippen LogP contribution in [0.25, 0.3) is 11.0 Å². The first-order valence-corrected chi connectivity index (χ1v) is 11.0. The maximum absolute atomic E-state index is 6.36. The Kier molecular flexibility index (Phi) is 4.07. The monoisotopic (exact) mass is 403 g/mol. The predicted molar refractivity (Wildman–Crippen MR) is 106 cm³/mol. The molecule has 8 heteroatoms. The van der Waals surface area contributed by atoms with E-state index in [1.54, 1.807) is 0 Å². The van der Waals surface area contributed by atoms with E-state index in [1.165, 1.54) is 12.8 Å². The Balaban J connectivity index is 1.31. The molecule has 1 aliphatic carbocycles. The largest absolute Gasteiger partial charge is 0.375 e. The van der Waals surface area contributed by atoms with Gasteiger partial charge >= 0.3 is 0 Å². The smallest absolute Gasteiger partial charge is 0.226 e. The van der Waals surface area contributed by atoms with Crippen molar-refractivity contribution in [1.29, 1.82) is 0 Å². The standard InChI is InChI=1S/C20H26ClN5O2/c21-19-23-17(25-11-14-2-3-15(12-25)28-14)16-10-22-26(18(16)24-19)13-4-7-20(8-5-13)6-1-9-27-20/h10,13-15H,1-9,11-12H2. The Morgan fingerprint density at radius 2 is 1.82 bits per heavy atom. The average molecular weight is 404 g/mol. The second-order valence-electron chi connectivity index (χ2n) is 8.87. The van der Waals surface area contributed by atoms with Crippen molar-refractivity contribution >= 4 is 28.5 Å². The lowest BCUT2D eigenvalue weighted by Gasteiger charge is -2.36. The summed E-state index contributed by atoms with van der Waals surface area (Å²) in [6.45, 7) is 2.66. The molecule has 0 radical (unpaired) electrons. The zero-order valence-corrected chi connectivity index (χ0v) is 16.8. The normalized spacial score (nSPS) is 35.3. The minimum Gasteiger partial charge on any atom is -0.375 e. The van der Waals surface area contributed by atoms with E-state index in [0.717, 1.165) is 75.1 Å². The van der Waals surface area contributed by atoms with Gasteiger partial charge in [-0.1, -0.05) is 0 Å². The van der Waals surface area contributed by atoms with Crippen LogP contribution in [-0.4, -0.2) is 57.3 Å². The Hall–Kier alpha value is -1.44. The molecule has 6 rings (SSSR count). The fraction of sp³-hybridized carbons (Fsp3) is 0.750. The summed E-state index contributed by atoms with van der Waals surface area (Å²) in [5.74, 6) is 0.910. The molecular formula is C20H26ClN5O2. The molecule has 0 aromatic carbocycles. The topological polar surface area (TPSA) is 65.3 Å². The zero-order chi connectivity index (χ0) is 18.7. The third-order valence-corrected chi connectivity index (χ3v) is 7.32. The third-order valence-electron chi connectivity index (χ3n) is 7.15. The van der Waals surface area contributed by atoms with Gasteiger partial charge in [0.1, 0.15) is 5.82 Å². The van der Waals surface area contributed by atoms with Crippen molar-refractivity contribution in [2.24, 2.45) is 0 Å². The van der Waals surface area contributed by atoms with Crippen LogP contribution in [0.5, 0.6) is 0 Å². The number of morpholine rings is 1. The molecule has 5 heterocycles. The maximum Gasteiger partial charge on any atom is 0.226 e. The van der Waals surface area contributed by atoms with E-state index in [4.69, 9.17) is 26.2 Å². The van der Waals surface area contributed by atoms with Crippen molar-refractivity contribution in [2.75, 3.05) is 24.6 Å². The van der Waals surface area contributed by atoms with E-state index in [-0.39, 0.29) is 5.60 Å². The molecule has 0 N–H and O–H groups in total. The van der Waals surface area contributed by atoms with Gasteiger partial charge in [-0.2, -0.15) is 15.1 Å². The minimum atomic E-state index is 0.129. The number of halogens is 1. The van der Waals surface area contributed by atoms with Crippen molar-refractivity contribution in [1.82, 2.24) is 19.7 Å². The predicted octanol–water partition coefficient (Wildman–Crippen LogP) is 3.51. The number of hydrogen-bond donors (Lipinski definition) is 0. The lowest BCUT2D eigenvalue weighted by atomic mass is 9.80. The Morgan fingerprint density at radius 3 is 2.54 bits per heavy atom. The molecule has 2 aromatic rings. The quantitative estimate of drug-likeness (QED) is 0.715. The molecule has 0 amide bonds. The van der Waals surface area contributed by atoms with E-state index in [1.807, 2.05) is 6.20 Å². The summed E-state index contributed by atoms with van der Waals surface area (Å²) in [6, 6.07) is 0.354. The van der Waals surface area contributed by atoms with E-state index in [9.17, 15) is 0 Å². The molecule has 2 aromatic heterocycles. The van der Waals surface area contributed by atoms with Gasteiger partial charge in [-0.25, -0.2) is 4.68 Å². The minimum absolute atomic E-state index is 0.129. The van der Waals surface area contributed by atoms with Gasteiger partial charge in [0.15, 0.2) is 5.65 Å². The highest BCUT2D eigenvalue weighted by Crippen LogP contribution is 2.43. The molecule has 4 fully saturated rings. The fourth-order valence-electron chi connectivity index (χ4n) is 5.70. The molecule has 4 aliphatic rings. The number of anilines is 1. The first kappa shape index (κ1) is 17.4. The van der Waals surface area contributed by atoms with Crippen molar-refractivity contribution < 1.29 is 9.47 Å². The first-order chi connectivity index (χ1) is 13.7. The highest BCUT2D eigenvalue weighted by molar-refractivity contribution is 6.28. The van der Waals surface area contributed by atoms with E-state index < -0.39 is 0 Å². The third kappa shape index (κ3) is 2.82. The number of ether oxygens (including phenoxy) is 2. The summed E-state index contributed by atoms with van der Waals surface area (Å²) in [6.07, 6.45) is 11.6. The van der Waals surface area contributed by atoms with Crippen LogP contribution in [0, 0.1) is 0 Å². The molecule has 1 saturated carbocycles. The molecule has 28 heavy (non-hydrogen) atoms. The molecule has 150 valence electrons.